The van der Waals surface area contributed by atoms with Gasteiger partial charge in [-0.15, -0.1) is 0 Å². The first-order valence-corrected chi connectivity index (χ1v) is 13.9. The van der Waals surface area contributed by atoms with Gasteiger partial charge in [0.2, 0.25) is 0 Å². The number of nitrogens with zero attached hydrogens (tertiary/aromatic N) is 4. The van der Waals surface area contributed by atoms with Gasteiger partial charge in [-0.2, -0.15) is 0 Å². The molecule has 0 spiro atoms. The first-order chi connectivity index (χ1) is 12.3. The molecule has 0 aliphatic rings. The molecule has 0 amide bonds. The van der Waals surface area contributed by atoms with Crippen LogP contribution in [0.1, 0.15) is 17.1 Å². The van der Waals surface area contributed by atoms with Crippen molar-refractivity contribution in [3.05, 3.63) is 90.3 Å². The zero-order valence-electron chi connectivity index (χ0n) is 13.4. The van der Waals surface area contributed by atoms with Gasteiger partial charge in [-0.25, -0.2) is 0 Å². The van der Waals surface area contributed by atoms with Crippen molar-refractivity contribution in [2.75, 3.05) is 0 Å². The van der Waals surface area contributed by atoms with Crippen molar-refractivity contribution in [1.29, 1.82) is 0 Å². The molecule has 132 valence electrons. The van der Waals surface area contributed by atoms with Gasteiger partial charge >= 0.3 is 34.7 Å². The van der Waals surface area contributed by atoms with Crippen molar-refractivity contribution in [1.82, 2.24) is 19.9 Å². The second-order valence-corrected chi connectivity index (χ2v) is 8.83. The van der Waals surface area contributed by atoms with Crippen molar-refractivity contribution >= 4 is 19.3 Å². The predicted octanol–water partition coefficient (Wildman–Crippen LogP) is 4.45. The Bertz CT molecular complexity index is 603. The molecule has 0 N–H and O–H groups in total. The summed E-state index contributed by atoms with van der Waals surface area (Å²) in [4.78, 5) is 15.6. The maximum absolute atomic E-state index is 4.90. The van der Waals surface area contributed by atoms with Gasteiger partial charge in [0.25, 0.3) is 0 Å². The molecule has 3 aromatic rings. The van der Waals surface area contributed by atoms with Crippen LogP contribution in [0.2, 0.25) is 0 Å². The Morgan fingerprint density at radius 2 is 0.960 bits per heavy atom. The van der Waals surface area contributed by atoms with Crippen molar-refractivity contribution in [2.24, 2.45) is 0 Å². The molecule has 3 heterocycles. The summed E-state index contributed by atoms with van der Waals surface area (Å²) in [5.41, 5.74) is 3.15. The van der Waals surface area contributed by atoms with Crippen molar-refractivity contribution in [2.45, 2.75) is 19.6 Å². The van der Waals surface area contributed by atoms with Gasteiger partial charge in [-0.3, -0.25) is 19.9 Å². The van der Waals surface area contributed by atoms with Crippen LogP contribution in [0, 0.1) is 0 Å². The van der Waals surface area contributed by atoms with E-state index >= 15 is 0 Å². The largest absolute Gasteiger partial charge is 0.286 e. The SMILES string of the molecule is [Cl][Os][Cl].c1ccc(CN(Cc2ccccn2)Cc2ccccn2)nc1. The summed E-state index contributed by atoms with van der Waals surface area (Å²) >= 11 is -0.639. The summed E-state index contributed by atoms with van der Waals surface area (Å²) in [6.07, 6.45) is 5.49. The zero-order valence-corrected chi connectivity index (χ0v) is 17.5. The van der Waals surface area contributed by atoms with Crippen LogP contribution in [0.4, 0.5) is 0 Å². The molecule has 0 saturated heterocycles. The summed E-state index contributed by atoms with van der Waals surface area (Å²) in [6, 6.07) is 18.0. The fourth-order valence-electron chi connectivity index (χ4n) is 2.33. The third kappa shape index (κ3) is 8.03. The normalized spacial score (nSPS) is 10.4. The summed E-state index contributed by atoms with van der Waals surface area (Å²) in [5.74, 6) is 0. The van der Waals surface area contributed by atoms with E-state index in [0.717, 1.165) is 36.7 Å². The van der Waals surface area contributed by atoms with Crippen LogP contribution < -0.4 is 0 Å². The minimum Gasteiger partial charge on any atom is -0.286 e. The Hall–Kier alpha value is -1.37. The molecule has 0 aliphatic carbocycles. The standard InChI is InChI=1S/C18H18N4.2ClH.Os/c1-4-10-19-16(7-1)13-22(14-17-8-2-5-11-20-17)15-18-9-3-6-12-21-18;;;/h1-12H,13-15H2;2*1H;/q;;;+2/p-2. The van der Waals surface area contributed by atoms with Gasteiger partial charge in [-0.05, 0) is 36.4 Å². The minimum atomic E-state index is -0.639. The molecular weight excluding hydrogens is 533 g/mol. The zero-order chi connectivity index (χ0) is 17.7. The van der Waals surface area contributed by atoms with E-state index in [1.165, 1.54) is 0 Å². The van der Waals surface area contributed by atoms with E-state index in [-0.39, 0.29) is 0 Å². The van der Waals surface area contributed by atoms with E-state index in [9.17, 15) is 0 Å². The monoisotopic (exact) mass is 552 g/mol. The summed E-state index contributed by atoms with van der Waals surface area (Å²) in [7, 11) is 9.81. The van der Waals surface area contributed by atoms with Crippen LogP contribution in [0.3, 0.4) is 0 Å². The number of hydrogen-bond acceptors (Lipinski definition) is 4. The van der Waals surface area contributed by atoms with Crippen LogP contribution >= 0.6 is 19.3 Å². The Morgan fingerprint density at radius 1 is 0.640 bits per heavy atom. The van der Waals surface area contributed by atoms with Crippen LogP contribution in [0.5, 0.6) is 0 Å². The second-order valence-electron chi connectivity index (χ2n) is 5.16. The predicted molar refractivity (Wildman–Crippen MR) is 97.4 cm³/mol. The molecular formula is C18H18Cl2N4Os. The maximum atomic E-state index is 4.90. The molecule has 0 aromatic carbocycles. The Morgan fingerprint density at radius 3 is 1.20 bits per heavy atom. The van der Waals surface area contributed by atoms with E-state index in [1.54, 1.807) is 0 Å². The smallest absolute Gasteiger partial charge is 0.0544 e. The van der Waals surface area contributed by atoms with E-state index in [0.29, 0.717) is 0 Å². The molecule has 25 heavy (non-hydrogen) atoms. The van der Waals surface area contributed by atoms with E-state index in [2.05, 4.69) is 19.9 Å². The van der Waals surface area contributed by atoms with Gasteiger partial charge in [0.1, 0.15) is 0 Å². The van der Waals surface area contributed by atoms with Crippen LogP contribution in [0.25, 0.3) is 0 Å². The Balaban J connectivity index is 0.000000701. The van der Waals surface area contributed by atoms with E-state index in [1.807, 2.05) is 73.2 Å². The average Bonchev–Trinajstić information content (AvgIpc) is 2.65. The van der Waals surface area contributed by atoms with E-state index in [4.69, 9.17) is 19.3 Å². The molecule has 0 fully saturated rings. The second kappa shape index (κ2) is 12.1. The van der Waals surface area contributed by atoms with Crippen LogP contribution in [0.15, 0.2) is 73.2 Å². The Kier molecular flexibility index (Phi) is 9.62. The molecule has 3 rings (SSSR count). The molecule has 0 bridgehead atoms. The van der Waals surface area contributed by atoms with E-state index < -0.39 is 15.4 Å². The first-order valence-electron chi connectivity index (χ1n) is 7.59. The maximum Gasteiger partial charge on any atom is 0.0544 e. The number of aromatic nitrogens is 3. The summed E-state index contributed by atoms with van der Waals surface area (Å²) in [6.45, 7) is 2.32. The van der Waals surface area contributed by atoms with Crippen LogP contribution in [-0.4, -0.2) is 19.9 Å². The summed E-state index contributed by atoms with van der Waals surface area (Å²) < 4.78 is 0. The number of rotatable bonds is 6. The van der Waals surface area contributed by atoms with Crippen molar-refractivity contribution < 1.29 is 15.4 Å². The van der Waals surface area contributed by atoms with Gasteiger partial charge < -0.3 is 0 Å². The van der Waals surface area contributed by atoms with Crippen LogP contribution in [-0.2, 0) is 35.0 Å². The van der Waals surface area contributed by atoms with Gasteiger partial charge in [-0.1, -0.05) is 18.2 Å². The van der Waals surface area contributed by atoms with Crippen molar-refractivity contribution in [3.8, 4) is 0 Å². The van der Waals surface area contributed by atoms with Gasteiger partial charge in [0.15, 0.2) is 0 Å². The molecule has 0 aliphatic heterocycles. The first kappa shape index (κ1) is 19.9. The molecule has 7 heteroatoms. The fraction of sp³-hybridized carbons (Fsp3) is 0.167. The number of halogens is 2. The third-order valence-electron chi connectivity index (χ3n) is 3.34. The molecule has 0 saturated carbocycles. The molecule has 0 atom stereocenters. The van der Waals surface area contributed by atoms with Crippen molar-refractivity contribution in [3.63, 3.8) is 0 Å². The minimum absolute atomic E-state index is 0.639. The molecule has 4 nitrogen and oxygen atoms in total. The number of hydrogen-bond donors (Lipinski definition) is 0. The Labute approximate surface area is 164 Å². The summed E-state index contributed by atoms with van der Waals surface area (Å²) in [5, 5.41) is 0. The number of pyridine rings is 3. The molecule has 0 radical (unpaired) electrons. The molecule has 0 unspecified atom stereocenters. The van der Waals surface area contributed by atoms with Gasteiger partial charge in [0, 0.05) is 38.2 Å². The third-order valence-corrected chi connectivity index (χ3v) is 3.34. The average molecular weight is 552 g/mol. The fourth-order valence-corrected chi connectivity index (χ4v) is 2.33. The quantitative estimate of drug-likeness (QED) is 0.454. The molecule has 3 aromatic heterocycles. The van der Waals surface area contributed by atoms with Gasteiger partial charge in [0.05, 0.1) is 17.1 Å². The topological polar surface area (TPSA) is 41.9 Å².